The van der Waals surface area contributed by atoms with Gasteiger partial charge in [-0.2, -0.15) is 14.4 Å². The number of rotatable bonds is 5. The summed E-state index contributed by atoms with van der Waals surface area (Å²) >= 11 is 0. The first-order chi connectivity index (χ1) is 12.4. The van der Waals surface area contributed by atoms with Gasteiger partial charge in [-0.1, -0.05) is 12.1 Å². The van der Waals surface area contributed by atoms with Crippen LogP contribution in [0.1, 0.15) is 12.8 Å². The average Bonchev–Trinajstić information content (AvgIpc) is 2.65. The number of para-hydroxylation sites is 1. The fourth-order valence-electron chi connectivity index (χ4n) is 2.66. The van der Waals surface area contributed by atoms with E-state index in [9.17, 15) is 12.8 Å². The molecule has 0 spiro atoms. The van der Waals surface area contributed by atoms with Crippen molar-refractivity contribution in [1.29, 1.82) is 0 Å². The maximum Gasteiger partial charge on any atom is 0.320 e. The van der Waals surface area contributed by atoms with E-state index >= 15 is 0 Å². The third-order valence-electron chi connectivity index (χ3n) is 4.00. The molecule has 1 saturated heterocycles. The number of ether oxygens (including phenoxy) is 2. The number of piperidine rings is 1. The summed E-state index contributed by atoms with van der Waals surface area (Å²) < 4.78 is 50.9. The normalized spacial score (nSPS) is 15.6. The van der Waals surface area contributed by atoms with Crippen molar-refractivity contribution in [1.82, 2.24) is 15.3 Å². The predicted molar refractivity (Wildman–Crippen MR) is 91.4 cm³/mol. The lowest BCUT2D eigenvalue weighted by molar-refractivity contribution is 0.147. The second kappa shape index (κ2) is 7.42. The summed E-state index contributed by atoms with van der Waals surface area (Å²) in [6.07, 6.45) is 1.22. The molecule has 1 fully saturated rings. The van der Waals surface area contributed by atoms with Crippen LogP contribution in [-0.2, 0) is 9.84 Å². The number of halogens is 1. The van der Waals surface area contributed by atoms with Gasteiger partial charge >= 0.3 is 6.01 Å². The highest BCUT2D eigenvalue weighted by molar-refractivity contribution is 7.91. The van der Waals surface area contributed by atoms with E-state index in [2.05, 4.69) is 15.3 Å². The molecule has 26 heavy (non-hydrogen) atoms. The van der Waals surface area contributed by atoms with E-state index in [1.54, 1.807) is 6.07 Å². The molecule has 0 saturated carbocycles. The lowest BCUT2D eigenvalue weighted by atomic mass is 10.1. The van der Waals surface area contributed by atoms with Gasteiger partial charge in [0, 0.05) is 0 Å². The Bertz CT molecular complexity index is 901. The van der Waals surface area contributed by atoms with E-state index in [4.69, 9.17) is 15.2 Å². The van der Waals surface area contributed by atoms with Crippen LogP contribution in [0.4, 0.5) is 10.2 Å². The van der Waals surface area contributed by atoms with Crippen LogP contribution in [0.2, 0.25) is 0 Å². The molecule has 1 aliphatic heterocycles. The summed E-state index contributed by atoms with van der Waals surface area (Å²) in [6, 6.07) is 5.61. The minimum absolute atomic E-state index is 0.0740. The van der Waals surface area contributed by atoms with Crippen LogP contribution in [0.25, 0.3) is 0 Å². The molecule has 140 valence electrons. The monoisotopic (exact) mass is 382 g/mol. The first kappa shape index (κ1) is 18.3. The Morgan fingerprint density at radius 3 is 2.62 bits per heavy atom. The third kappa shape index (κ3) is 3.56. The lowest BCUT2D eigenvalue weighted by Crippen LogP contribution is -2.34. The number of methoxy groups -OCH3 is 1. The fourth-order valence-corrected chi connectivity index (χ4v) is 4.08. The summed E-state index contributed by atoms with van der Waals surface area (Å²) in [4.78, 5) is 7.31. The molecule has 0 bridgehead atoms. The summed E-state index contributed by atoms with van der Waals surface area (Å²) in [5.41, 5.74) is 5.56. The van der Waals surface area contributed by atoms with Crippen LogP contribution in [0.15, 0.2) is 34.2 Å². The second-order valence-electron chi connectivity index (χ2n) is 5.73. The van der Waals surface area contributed by atoms with Gasteiger partial charge in [0.2, 0.25) is 20.7 Å². The molecular weight excluding hydrogens is 363 g/mol. The van der Waals surface area contributed by atoms with Crippen LogP contribution in [0, 0.1) is 5.82 Å². The maximum absolute atomic E-state index is 14.4. The Labute approximate surface area is 150 Å². The first-order valence-corrected chi connectivity index (χ1v) is 9.50. The van der Waals surface area contributed by atoms with Gasteiger partial charge in [0.1, 0.15) is 16.7 Å². The van der Waals surface area contributed by atoms with Crippen LogP contribution in [0.5, 0.6) is 11.8 Å². The van der Waals surface area contributed by atoms with Crippen molar-refractivity contribution in [2.45, 2.75) is 28.9 Å². The quantitative estimate of drug-likeness (QED) is 0.740. The lowest BCUT2D eigenvalue weighted by Gasteiger charge is -2.23. The minimum Gasteiger partial charge on any atom is -0.495 e. The number of anilines is 1. The number of hydrogen-bond acceptors (Lipinski definition) is 8. The number of nitrogens with zero attached hydrogens (tertiary/aromatic N) is 2. The largest absolute Gasteiger partial charge is 0.495 e. The smallest absolute Gasteiger partial charge is 0.320 e. The average molecular weight is 382 g/mol. The van der Waals surface area contributed by atoms with E-state index in [0.717, 1.165) is 13.1 Å². The molecule has 3 N–H and O–H groups in total. The standard InChI is InChI=1S/C16H19FN4O4S/c1-24-11-4-2-3-5-12(11)26(22,23)15-13(17)14(18)20-16(21-15)25-10-6-8-19-9-7-10/h2-5,10,19H,6-9H2,1H3,(H2,18,20,21). The Morgan fingerprint density at radius 2 is 1.92 bits per heavy atom. The van der Waals surface area contributed by atoms with E-state index in [-0.39, 0.29) is 22.8 Å². The molecule has 1 aromatic carbocycles. The molecule has 0 amide bonds. The van der Waals surface area contributed by atoms with E-state index in [0.29, 0.717) is 12.8 Å². The molecule has 1 aliphatic rings. The number of benzene rings is 1. The molecule has 0 unspecified atom stereocenters. The molecule has 3 rings (SSSR count). The number of sulfone groups is 1. The first-order valence-electron chi connectivity index (χ1n) is 8.02. The van der Waals surface area contributed by atoms with Gasteiger partial charge in [-0.15, -0.1) is 0 Å². The van der Waals surface area contributed by atoms with Gasteiger partial charge in [0.25, 0.3) is 0 Å². The minimum atomic E-state index is -4.32. The van der Waals surface area contributed by atoms with Gasteiger partial charge in [0.05, 0.1) is 7.11 Å². The number of nitrogens with two attached hydrogens (primary N) is 1. The summed E-state index contributed by atoms with van der Waals surface area (Å²) in [5.74, 6) is -1.73. The van der Waals surface area contributed by atoms with E-state index < -0.39 is 26.5 Å². The Hall–Kier alpha value is -2.46. The second-order valence-corrected chi connectivity index (χ2v) is 7.57. The highest BCUT2D eigenvalue weighted by Gasteiger charge is 2.30. The van der Waals surface area contributed by atoms with Gasteiger partial charge in [-0.05, 0) is 38.1 Å². The van der Waals surface area contributed by atoms with Crippen molar-refractivity contribution in [3.63, 3.8) is 0 Å². The molecule has 10 heteroatoms. The SMILES string of the molecule is COc1ccccc1S(=O)(=O)c1nc(OC2CCNCC2)nc(N)c1F. The molecule has 0 radical (unpaired) electrons. The van der Waals surface area contributed by atoms with Crippen LogP contribution in [-0.4, -0.2) is 44.7 Å². The maximum atomic E-state index is 14.4. The zero-order chi connectivity index (χ0) is 18.7. The molecule has 2 aromatic rings. The van der Waals surface area contributed by atoms with Crippen molar-refractivity contribution in [3.8, 4) is 11.8 Å². The molecule has 8 nitrogen and oxygen atoms in total. The van der Waals surface area contributed by atoms with E-state index in [1.807, 2.05) is 0 Å². The Kier molecular flexibility index (Phi) is 5.23. The van der Waals surface area contributed by atoms with Crippen LogP contribution >= 0.6 is 0 Å². The van der Waals surface area contributed by atoms with Crippen molar-refractivity contribution < 1.29 is 22.3 Å². The number of aromatic nitrogens is 2. The summed E-state index contributed by atoms with van der Waals surface area (Å²) in [6.45, 7) is 1.52. The van der Waals surface area contributed by atoms with Crippen molar-refractivity contribution in [2.75, 3.05) is 25.9 Å². The number of nitrogen functional groups attached to an aromatic ring is 1. The topological polar surface area (TPSA) is 116 Å². The highest BCUT2D eigenvalue weighted by atomic mass is 32.2. The molecule has 1 aromatic heterocycles. The molecule has 0 atom stereocenters. The Balaban J connectivity index is 2.03. The van der Waals surface area contributed by atoms with Crippen LogP contribution in [0.3, 0.4) is 0 Å². The molecule has 0 aliphatic carbocycles. The zero-order valence-electron chi connectivity index (χ0n) is 14.1. The van der Waals surface area contributed by atoms with Crippen molar-refractivity contribution in [2.24, 2.45) is 0 Å². The number of hydrogen-bond donors (Lipinski definition) is 2. The summed E-state index contributed by atoms with van der Waals surface area (Å²) in [5, 5.41) is 2.34. The van der Waals surface area contributed by atoms with E-state index in [1.165, 1.54) is 25.3 Å². The molecule has 2 heterocycles. The fraction of sp³-hybridized carbons (Fsp3) is 0.375. The predicted octanol–water partition coefficient (Wildman–Crippen LogP) is 1.17. The van der Waals surface area contributed by atoms with Crippen molar-refractivity contribution >= 4 is 15.7 Å². The highest BCUT2D eigenvalue weighted by Crippen LogP contribution is 2.31. The van der Waals surface area contributed by atoms with Gasteiger partial charge in [-0.3, -0.25) is 0 Å². The van der Waals surface area contributed by atoms with Gasteiger partial charge in [0.15, 0.2) is 5.82 Å². The third-order valence-corrected chi connectivity index (χ3v) is 5.69. The number of nitrogens with one attached hydrogen (secondary N) is 1. The van der Waals surface area contributed by atoms with Gasteiger partial charge < -0.3 is 20.5 Å². The Morgan fingerprint density at radius 1 is 1.23 bits per heavy atom. The zero-order valence-corrected chi connectivity index (χ0v) is 14.9. The molecular formula is C16H19FN4O4S. The summed E-state index contributed by atoms with van der Waals surface area (Å²) in [7, 11) is -3.00. The van der Waals surface area contributed by atoms with Crippen LogP contribution < -0.4 is 20.5 Å². The van der Waals surface area contributed by atoms with Crippen molar-refractivity contribution in [3.05, 3.63) is 30.1 Å². The van der Waals surface area contributed by atoms with Gasteiger partial charge in [-0.25, -0.2) is 8.42 Å².